The van der Waals surface area contributed by atoms with E-state index in [1.54, 1.807) is 27.7 Å². The first kappa shape index (κ1) is 44.1. The number of esters is 1. The van der Waals surface area contributed by atoms with Crippen LogP contribution >= 0.6 is 0 Å². The van der Waals surface area contributed by atoms with Crippen molar-refractivity contribution in [3.63, 3.8) is 0 Å². The molecule has 0 saturated carbocycles. The molecule has 5 saturated heterocycles. The minimum atomic E-state index is -1.81. The topological polar surface area (TPSA) is 189 Å². The van der Waals surface area contributed by atoms with Crippen molar-refractivity contribution in [2.24, 2.45) is 17.8 Å². The predicted octanol–water partition coefficient (Wildman–Crippen LogP) is 1.03. The standard InChI is InChI=1S/C39H70N2O13/c1-12-28-38(9,46)32(43)24(6)40(10)18-20(2)16-39(47)27-19-49-14-13-41(27)30-26(42)15-21(3)50-36(30)54-34(39)22(4)31(23(5)35(45)52-28)53-29-17-37(8,48-11)33(44)25(7)51-29/h20-34,36,42-44,46-47H,12-19H2,1-11H3/t20-,21-,22+,23-,24-,25+,26-,27?,28-,29+,30+,31+,32-,33+,34-,36+,37-,38-,39+/m1/s1. The maximum Gasteiger partial charge on any atom is 0.311 e. The normalized spacial score (nSPS) is 52.1. The molecule has 5 N–H and O–H groups in total. The number of morpholine rings is 1. The summed E-state index contributed by atoms with van der Waals surface area (Å²) in [6.07, 6.45) is -8.00. The number of rotatable bonds is 4. The Morgan fingerprint density at radius 3 is 2.30 bits per heavy atom. The van der Waals surface area contributed by atoms with Gasteiger partial charge in [0.1, 0.15) is 29.5 Å². The van der Waals surface area contributed by atoms with Gasteiger partial charge >= 0.3 is 5.97 Å². The fourth-order valence-electron chi connectivity index (χ4n) is 10.0. The van der Waals surface area contributed by atoms with Crippen LogP contribution in [-0.2, 0) is 38.0 Å². The van der Waals surface area contributed by atoms with E-state index < -0.39 is 108 Å². The van der Waals surface area contributed by atoms with Gasteiger partial charge in [-0.25, -0.2) is 0 Å². The van der Waals surface area contributed by atoms with Crippen molar-refractivity contribution in [3.05, 3.63) is 0 Å². The number of aliphatic hydroxyl groups is 5. The lowest BCUT2D eigenvalue weighted by Crippen LogP contribution is -2.68. The van der Waals surface area contributed by atoms with Crippen LogP contribution in [0.1, 0.15) is 88.0 Å². The molecule has 5 aliphatic heterocycles. The Morgan fingerprint density at radius 2 is 1.65 bits per heavy atom. The Balaban J connectivity index is 1.66. The highest BCUT2D eigenvalue weighted by molar-refractivity contribution is 5.73. The van der Waals surface area contributed by atoms with Crippen LogP contribution in [0.15, 0.2) is 0 Å². The number of cyclic esters (lactones) is 1. The van der Waals surface area contributed by atoms with E-state index in [1.807, 2.05) is 39.6 Å². The van der Waals surface area contributed by atoms with Crippen molar-refractivity contribution in [1.82, 2.24) is 9.80 Å². The quantitative estimate of drug-likeness (QED) is 0.255. The van der Waals surface area contributed by atoms with E-state index in [0.717, 1.165) is 0 Å². The minimum Gasteiger partial charge on any atom is -0.459 e. The van der Waals surface area contributed by atoms with E-state index in [9.17, 15) is 30.3 Å². The number of hydrogen-bond acceptors (Lipinski definition) is 15. The molecular weight excluding hydrogens is 704 g/mol. The summed E-state index contributed by atoms with van der Waals surface area (Å²) in [6, 6.07) is -1.77. The summed E-state index contributed by atoms with van der Waals surface area (Å²) in [6.45, 7) is 17.5. The van der Waals surface area contributed by atoms with Crippen molar-refractivity contribution in [2.75, 3.05) is 40.5 Å². The van der Waals surface area contributed by atoms with Gasteiger partial charge in [-0.15, -0.1) is 0 Å². The molecule has 0 radical (unpaired) electrons. The largest absolute Gasteiger partial charge is 0.459 e. The van der Waals surface area contributed by atoms with Gasteiger partial charge < -0.3 is 63.6 Å². The van der Waals surface area contributed by atoms with Gasteiger partial charge in [0.15, 0.2) is 12.6 Å². The molecule has 0 amide bonds. The van der Waals surface area contributed by atoms with Crippen LogP contribution in [0.25, 0.3) is 0 Å². The summed E-state index contributed by atoms with van der Waals surface area (Å²) in [5, 5.41) is 59.5. The van der Waals surface area contributed by atoms with E-state index in [1.165, 1.54) is 14.0 Å². The summed E-state index contributed by atoms with van der Waals surface area (Å²) in [5.74, 6) is -2.60. The molecule has 1 unspecified atom stereocenters. The molecular formula is C39H70N2O13. The summed E-state index contributed by atoms with van der Waals surface area (Å²) < 4.78 is 44.4. The highest BCUT2D eigenvalue weighted by Crippen LogP contribution is 2.45. The molecule has 314 valence electrons. The highest BCUT2D eigenvalue weighted by Gasteiger charge is 2.61. The van der Waals surface area contributed by atoms with Crippen molar-refractivity contribution in [1.29, 1.82) is 0 Å². The SMILES string of the molecule is CC[C@H]1OC(=O)[C@H](C)[C@@H](O[C@H]2C[C@@](C)(OC)[C@@H](O)[C@H](C)O2)[C@H](C)[C@H]2O[C@@H]3O[C@H](C)C[C@@H](O)[C@@H]3N3CCOCC3[C@@]2(O)C[C@@H](C)CN(C)[C@H](C)[C@@H](O)[C@]1(C)O. The summed E-state index contributed by atoms with van der Waals surface area (Å²) in [7, 11) is 3.38. The number of carbonyl (C=O) groups excluding carboxylic acids is 1. The molecule has 5 heterocycles. The van der Waals surface area contributed by atoms with Gasteiger partial charge in [-0.2, -0.15) is 0 Å². The predicted molar refractivity (Wildman–Crippen MR) is 196 cm³/mol. The lowest BCUT2D eigenvalue weighted by molar-refractivity contribution is -0.309. The Labute approximate surface area is 321 Å². The average Bonchev–Trinajstić information content (AvgIpc) is 3.21. The van der Waals surface area contributed by atoms with Crippen LogP contribution in [0.2, 0.25) is 0 Å². The third kappa shape index (κ3) is 8.41. The molecule has 5 aliphatic rings. The number of aliphatic hydroxyl groups excluding tert-OH is 3. The van der Waals surface area contributed by atoms with Crippen molar-refractivity contribution < 1.29 is 63.5 Å². The molecule has 5 rings (SSSR count). The molecule has 0 aromatic heterocycles. The van der Waals surface area contributed by atoms with Gasteiger partial charge in [0.25, 0.3) is 0 Å². The number of likely N-dealkylation sites (N-methyl/N-ethyl adjacent to an activating group) is 1. The van der Waals surface area contributed by atoms with Crippen LogP contribution in [0.5, 0.6) is 0 Å². The smallest absolute Gasteiger partial charge is 0.311 e. The van der Waals surface area contributed by atoms with Gasteiger partial charge in [-0.3, -0.25) is 9.69 Å². The number of fused-ring (bicyclic) bond motifs is 5. The van der Waals surface area contributed by atoms with Gasteiger partial charge in [-0.1, -0.05) is 20.8 Å². The van der Waals surface area contributed by atoms with Crippen LogP contribution in [0, 0.1) is 17.8 Å². The lowest BCUT2D eigenvalue weighted by Gasteiger charge is -2.51. The number of methoxy groups -OCH3 is 1. The lowest BCUT2D eigenvalue weighted by atomic mass is 9.72. The summed E-state index contributed by atoms with van der Waals surface area (Å²) in [5.41, 5.74) is -4.46. The molecule has 0 aliphatic carbocycles. The van der Waals surface area contributed by atoms with Crippen molar-refractivity contribution in [3.8, 4) is 0 Å². The second-order valence-corrected chi connectivity index (χ2v) is 17.7. The Hall–Kier alpha value is -1.05. The zero-order valence-electron chi connectivity index (χ0n) is 34.3. The summed E-state index contributed by atoms with van der Waals surface area (Å²) in [4.78, 5) is 18.4. The number of carbonyl (C=O) groups is 1. The minimum absolute atomic E-state index is 0.136. The molecule has 0 bridgehead atoms. The zero-order chi connectivity index (χ0) is 40.1. The van der Waals surface area contributed by atoms with Gasteiger partial charge in [0, 0.05) is 45.0 Å². The fraction of sp³-hybridized carbons (Fsp3) is 0.974. The second-order valence-electron chi connectivity index (χ2n) is 17.7. The van der Waals surface area contributed by atoms with E-state index in [0.29, 0.717) is 26.1 Å². The first-order valence-corrected chi connectivity index (χ1v) is 20.1. The number of hydrogen-bond donors (Lipinski definition) is 5. The van der Waals surface area contributed by atoms with Crippen LogP contribution in [0.3, 0.4) is 0 Å². The third-order valence-corrected chi connectivity index (χ3v) is 13.5. The second kappa shape index (κ2) is 17.0. The summed E-state index contributed by atoms with van der Waals surface area (Å²) >= 11 is 0. The Morgan fingerprint density at radius 1 is 0.963 bits per heavy atom. The Bertz CT molecular complexity index is 1260. The molecule has 15 nitrogen and oxygen atoms in total. The number of ether oxygens (including phenoxy) is 7. The number of nitrogens with zero attached hydrogens (tertiary/aromatic N) is 2. The molecule has 54 heavy (non-hydrogen) atoms. The van der Waals surface area contributed by atoms with E-state index in [4.69, 9.17) is 33.2 Å². The van der Waals surface area contributed by atoms with Crippen LogP contribution in [-0.4, -0.2) is 178 Å². The monoisotopic (exact) mass is 774 g/mol. The van der Waals surface area contributed by atoms with Crippen molar-refractivity contribution >= 4 is 5.97 Å². The molecule has 0 aromatic rings. The molecule has 19 atom stereocenters. The van der Waals surface area contributed by atoms with E-state index in [-0.39, 0.29) is 37.9 Å². The molecule has 0 aromatic carbocycles. The first-order valence-electron chi connectivity index (χ1n) is 20.1. The fourth-order valence-corrected chi connectivity index (χ4v) is 10.0. The van der Waals surface area contributed by atoms with Crippen LogP contribution in [0.4, 0.5) is 0 Å². The third-order valence-electron chi connectivity index (χ3n) is 13.5. The van der Waals surface area contributed by atoms with Gasteiger partial charge in [0.05, 0.1) is 67.3 Å². The maximum atomic E-state index is 14.4. The average molecular weight is 775 g/mol. The Kier molecular flexibility index (Phi) is 13.9. The van der Waals surface area contributed by atoms with Crippen molar-refractivity contribution in [2.45, 2.75) is 184 Å². The molecule has 5 fully saturated rings. The maximum absolute atomic E-state index is 14.4. The first-order chi connectivity index (χ1) is 25.2. The zero-order valence-corrected chi connectivity index (χ0v) is 34.3. The molecule has 0 spiro atoms. The molecule has 15 heteroatoms. The van der Waals surface area contributed by atoms with Gasteiger partial charge in [-0.05, 0) is 67.3 Å². The van der Waals surface area contributed by atoms with E-state index in [2.05, 4.69) is 4.90 Å². The highest BCUT2D eigenvalue weighted by atomic mass is 16.7. The van der Waals surface area contributed by atoms with E-state index >= 15 is 0 Å². The van der Waals surface area contributed by atoms with Crippen LogP contribution < -0.4 is 0 Å². The van der Waals surface area contributed by atoms with Gasteiger partial charge in [0.2, 0.25) is 0 Å².